The van der Waals surface area contributed by atoms with Gasteiger partial charge in [0.15, 0.2) is 0 Å². The van der Waals surface area contributed by atoms with Crippen molar-refractivity contribution in [3.05, 3.63) is 0 Å². The van der Waals surface area contributed by atoms with Crippen molar-refractivity contribution >= 4 is 5.97 Å². The van der Waals surface area contributed by atoms with Gasteiger partial charge in [0.1, 0.15) is 0 Å². The first-order valence-electron chi connectivity index (χ1n) is 7.81. The van der Waals surface area contributed by atoms with Crippen molar-refractivity contribution in [1.29, 1.82) is 0 Å². The molecular formula is C15H29NO3. The topological polar surface area (TPSA) is 47.6 Å². The van der Waals surface area contributed by atoms with Crippen LogP contribution in [0, 0.1) is 0 Å². The van der Waals surface area contributed by atoms with E-state index in [2.05, 4.69) is 5.32 Å². The van der Waals surface area contributed by atoms with Crippen molar-refractivity contribution in [3.8, 4) is 0 Å². The Morgan fingerprint density at radius 2 is 1.95 bits per heavy atom. The van der Waals surface area contributed by atoms with Crippen molar-refractivity contribution < 1.29 is 14.3 Å². The predicted molar refractivity (Wildman–Crippen MR) is 76.2 cm³/mol. The van der Waals surface area contributed by atoms with Gasteiger partial charge < -0.3 is 14.8 Å². The summed E-state index contributed by atoms with van der Waals surface area (Å²) in [6, 6.07) is 0. The van der Waals surface area contributed by atoms with Crippen LogP contribution in [-0.4, -0.2) is 38.4 Å². The summed E-state index contributed by atoms with van der Waals surface area (Å²) < 4.78 is 10.6. The van der Waals surface area contributed by atoms with Gasteiger partial charge in [-0.05, 0) is 39.2 Å². The maximum atomic E-state index is 11.1. The first-order chi connectivity index (χ1) is 9.33. The Morgan fingerprint density at radius 3 is 2.68 bits per heavy atom. The molecule has 112 valence electrons. The van der Waals surface area contributed by atoms with E-state index in [0.29, 0.717) is 19.1 Å². The standard InChI is InChI=1S/C15H29NO3/c1-2-18-15(17)10-4-3-7-11-16-12-13-19-14-8-5-6-9-14/h14,16H,2-13H2,1H3. The van der Waals surface area contributed by atoms with E-state index in [-0.39, 0.29) is 5.97 Å². The van der Waals surface area contributed by atoms with E-state index in [1.807, 2.05) is 6.92 Å². The number of esters is 1. The molecule has 19 heavy (non-hydrogen) atoms. The number of nitrogens with one attached hydrogen (secondary N) is 1. The highest BCUT2D eigenvalue weighted by Gasteiger charge is 2.14. The fraction of sp³-hybridized carbons (Fsp3) is 0.933. The summed E-state index contributed by atoms with van der Waals surface area (Å²) in [6.07, 6.45) is 9.35. The van der Waals surface area contributed by atoms with Crippen molar-refractivity contribution in [2.45, 2.75) is 64.4 Å². The molecule has 0 heterocycles. The molecule has 1 fully saturated rings. The Hall–Kier alpha value is -0.610. The minimum Gasteiger partial charge on any atom is -0.466 e. The number of unbranched alkanes of at least 4 members (excludes halogenated alkanes) is 2. The van der Waals surface area contributed by atoms with Gasteiger partial charge in [-0.1, -0.05) is 19.3 Å². The molecule has 0 radical (unpaired) electrons. The molecule has 0 saturated heterocycles. The summed E-state index contributed by atoms with van der Waals surface area (Å²) in [5, 5.41) is 3.38. The monoisotopic (exact) mass is 271 g/mol. The highest BCUT2D eigenvalue weighted by molar-refractivity contribution is 5.69. The number of rotatable bonds is 11. The second-order valence-corrected chi connectivity index (χ2v) is 5.14. The van der Waals surface area contributed by atoms with Crippen LogP contribution in [0.15, 0.2) is 0 Å². The Bertz CT molecular complexity index is 227. The minimum atomic E-state index is -0.0691. The molecule has 1 aliphatic carbocycles. The van der Waals surface area contributed by atoms with E-state index in [4.69, 9.17) is 9.47 Å². The van der Waals surface area contributed by atoms with Crippen LogP contribution in [0.2, 0.25) is 0 Å². The van der Waals surface area contributed by atoms with Gasteiger partial charge in [0.25, 0.3) is 0 Å². The Kier molecular flexibility index (Phi) is 9.72. The molecule has 4 nitrogen and oxygen atoms in total. The molecule has 1 aliphatic rings. The van der Waals surface area contributed by atoms with Crippen LogP contribution in [0.3, 0.4) is 0 Å². The molecule has 1 saturated carbocycles. The zero-order valence-corrected chi connectivity index (χ0v) is 12.3. The predicted octanol–water partition coefficient (Wildman–Crippen LogP) is 2.66. The van der Waals surface area contributed by atoms with E-state index in [1.54, 1.807) is 0 Å². The molecule has 0 aliphatic heterocycles. The summed E-state index contributed by atoms with van der Waals surface area (Å²) in [5.74, 6) is -0.0691. The second kappa shape index (κ2) is 11.2. The Balaban J connectivity index is 1.74. The molecule has 4 heteroatoms. The van der Waals surface area contributed by atoms with Gasteiger partial charge >= 0.3 is 5.97 Å². The van der Waals surface area contributed by atoms with E-state index in [9.17, 15) is 4.79 Å². The average Bonchev–Trinajstić information content (AvgIpc) is 2.90. The number of hydrogen-bond acceptors (Lipinski definition) is 4. The molecule has 0 spiro atoms. The van der Waals surface area contributed by atoms with Crippen LogP contribution in [0.5, 0.6) is 0 Å². The number of carbonyl (C=O) groups excluding carboxylic acids is 1. The normalized spacial score (nSPS) is 15.8. The molecule has 0 unspecified atom stereocenters. The molecule has 0 amide bonds. The summed E-state index contributed by atoms with van der Waals surface area (Å²) in [6.45, 7) is 5.11. The number of carbonyl (C=O) groups is 1. The van der Waals surface area contributed by atoms with Gasteiger partial charge in [-0.2, -0.15) is 0 Å². The Labute approximate surface area is 117 Å². The molecular weight excluding hydrogens is 242 g/mol. The maximum absolute atomic E-state index is 11.1. The van der Waals surface area contributed by atoms with Crippen LogP contribution >= 0.6 is 0 Å². The molecule has 0 aromatic rings. The minimum absolute atomic E-state index is 0.0691. The zero-order valence-electron chi connectivity index (χ0n) is 12.3. The van der Waals surface area contributed by atoms with Gasteiger partial charge in [-0.3, -0.25) is 4.79 Å². The van der Waals surface area contributed by atoms with Gasteiger partial charge in [0.2, 0.25) is 0 Å². The molecule has 1 N–H and O–H groups in total. The van der Waals surface area contributed by atoms with E-state index < -0.39 is 0 Å². The number of ether oxygens (including phenoxy) is 2. The maximum Gasteiger partial charge on any atom is 0.305 e. The highest BCUT2D eigenvalue weighted by atomic mass is 16.5. The van der Waals surface area contributed by atoms with E-state index in [1.165, 1.54) is 25.7 Å². The van der Waals surface area contributed by atoms with Crippen molar-refractivity contribution in [1.82, 2.24) is 5.32 Å². The average molecular weight is 271 g/mol. The molecule has 0 aromatic heterocycles. The lowest BCUT2D eigenvalue weighted by Crippen LogP contribution is -2.23. The quantitative estimate of drug-likeness (QED) is 0.463. The van der Waals surface area contributed by atoms with Crippen LogP contribution in [0.1, 0.15) is 58.3 Å². The SMILES string of the molecule is CCOC(=O)CCCCCNCCOC1CCCC1. The molecule has 0 atom stereocenters. The summed E-state index contributed by atoms with van der Waals surface area (Å²) in [7, 11) is 0. The fourth-order valence-corrected chi connectivity index (χ4v) is 2.41. The lowest BCUT2D eigenvalue weighted by molar-refractivity contribution is -0.143. The smallest absolute Gasteiger partial charge is 0.305 e. The first kappa shape index (κ1) is 16.4. The lowest BCUT2D eigenvalue weighted by Gasteiger charge is -2.11. The second-order valence-electron chi connectivity index (χ2n) is 5.14. The van der Waals surface area contributed by atoms with Gasteiger partial charge in [0, 0.05) is 13.0 Å². The van der Waals surface area contributed by atoms with Gasteiger partial charge in [-0.15, -0.1) is 0 Å². The van der Waals surface area contributed by atoms with Crippen LogP contribution in [-0.2, 0) is 14.3 Å². The molecule has 0 bridgehead atoms. The third-order valence-electron chi connectivity index (χ3n) is 3.47. The summed E-state index contributed by atoms with van der Waals surface area (Å²) in [4.78, 5) is 11.1. The van der Waals surface area contributed by atoms with Crippen LogP contribution < -0.4 is 5.32 Å². The summed E-state index contributed by atoms with van der Waals surface area (Å²) in [5.41, 5.74) is 0. The summed E-state index contributed by atoms with van der Waals surface area (Å²) >= 11 is 0. The van der Waals surface area contributed by atoms with Gasteiger partial charge in [-0.25, -0.2) is 0 Å². The van der Waals surface area contributed by atoms with Crippen LogP contribution in [0.25, 0.3) is 0 Å². The van der Waals surface area contributed by atoms with Crippen molar-refractivity contribution in [2.75, 3.05) is 26.3 Å². The largest absolute Gasteiger partial charge is 0.466 e. The van der Waals surface area contributed by atoms with Crippen LogP contribution in [0.4, 0.5) is 0 Å². The third kappa shape index (κ3) is 9.00. The number of hydrogen-bond donors (Lipinski definition) is 1. The van der Waals surface area contributed by atoms with Gasteiger partial charge in [0.05, 0.1) is 19.3 Å². The lowest BCUT2D eigenvalue weighted by atomic mass is 10.2. The first-order valence-corrected chi connectivity index (χ1v) is 7.81. The Morgan fingerprint density at radius 1 is 1.16 bits per heavy atom. The third-order valence-corrected chi connectivity index (χ3v) is 3.47. The fourth-order valence-electron chi connectivity index (χ4n) is 2.41. The van der Waals surface area contributed by atoms with E-state index >= 15 is 0 Å². The van der Waals surface area contributed by atoms with E-state index in [0.717, 1.165) is 39.0 Å². The van der Waals surface area contributed by atoms with Crippen molar-refractivity contribution in [3.63, 3.8) is 0 Å². The zero-order chi connectivity index (χ0) is 13.8. The van der Waals surface area contributed by atoms with Crippen molar-refractivity contribution in [2.24, 2.45) is 0 Å². The molecule has 0 aromatic carbocycles. The highest BCUT2D eigenvalue weighted by Crippen LogP contribution is 2.20. The molecule has 1 rings (SSSR count).